The molecule has 0 aliphatic carbocycles. The van der Waals surface area contributed by atoms with Gasteiger partial charge in [0.1, 0.15) is 5.52 Å². The van der Waals surface area contributed by atoms with Gasteiger partial charge in [0.25, 0.3) is 0 Å². The van der Waals surface area contributed by atoms with Crippen LogP contribution in [0.15, 0.2) is 24.3 Å². The predicted octanol–water partition coefficient (Wildman–Crippen LogP) is 3.70. The van der Waals surface area contributed by atoms with Crippen LogP contribution in [-0.4, -0.2) is 19.3 Å². The average Bonchev–Trinajstić information content (AvgIpc) is 2.91. The van der Waals surface area contributed by atoms with E-state index in [-0.39, 0.29) is 0 Å². The summed E-state index contributed by atoms with van der Waals surface area (Å²) >= 11 is 11.7. The van der Waals surface area contributed by atoms with Crippen LogP contribution in [0.3, 0.4) is 0 Å². The lowest BCUT2D eigenvalue weighted by molar-refractivity contribution is 0.709. The quantitative estimate of drug-likeness (QED) is 0.749. The molecule has 0 bridgehead atoms. The van der Waals surface area contributed by atoms with Crippen molar-refractivity contribution in [2.45, 2.75) is 19.9 Å². The van der Waals surface area contributed by atoms with Crippen LogP contribution in [0.5, 0.6) is 0 Å². The van der Waals surface area contributed by atoms with E-state index in [4.69, 9.17) is 23.8 Å². The number of rotatable bonds is 3. The third-order valence-electron chi connectivity index (χ3n) is 3.44. The first-order valence-electron chi connectivity index (χ1n) is 6.49. The van der Waals surface area contributed by atoms with Crippen molar-refractivity contribution in [2.24, 2.45) is 7.05 Å². The Bertz CT molecular complexity index is 827. The summed E-state index contributed by atoms with van der Waals surface area (Å²) in [7, 11) is 1.94. The number of hydrogen-bond acceptors (Lipinski definition) is 2. The molecule has 0 fully saturated rings. The number of nitrogens with one attached hydrogen (secondary N) is 1. The van der Waals surface area contributed by atoms with Gasteiger partial charge in [0.2, 0.25) is 0 Å². The van der Waals surface area contributed by atoms with Crippen molar-refractivity contribution in [1.82, 2.24) is 19.3 Å². The molecule has 0 amide bonds. The number of nitrogens with zero attached hydrogens (tertiary/aromatic N) is 3. The van der Waals surface area contributed by atoms with Crippen LogP contribution < -0.4 is 0 Å². The lowest BCUT2D eigenvalue weighted by atomic mass is 10.2. The van der Waals surface area contributed by atoms with Crippen molar-refractivity contribution >= 4 is 35.0 Å². The molecule has 0 aliphatic heterocycles. The van der Waals surface area contributed by atoms with Crippen molar-refractivity contribution in [3.8, 4) is 0 Å². The fraction of sp³-hybridized carbons (Fsp3) is 0.286. The van der Waals surface area contributed by atoms with Crippen LogP contribution in [0, 0.1) is 4.77 Å². The lowest BCUT2D eigenvalue weighted by Crippen LogP contribution is -2.04. The van der Waals surface area contributed by atoms with E-state index in [0.29, 0.717) is 11.3 Å². The molecule has 0 saturated heterocycles. The lowest BCUT2D eigenvalue weighted by Gasteiger charge is -2.06. The van der Waals surface area contributed by atoms with Gasteiger partial charge < -0.3 is 4.98 Å². The number of imidazole rings is 1. The van der Waals surface area contributed by atoms with E-state index in [1.54, 1.807) is 0 Å². The summed E-state index contributed by atoms with van der Waals surface area (Å²) in [6.07, 6.45) is 0.874. The maximum Gasteiger partial charge on any atom is 0.179 e. The molecule has 0 aliphatic rings. The van der Waals surface area contributed by atoms with Crippen molar-refractivity contribution < 1.29 is 0 Å². The Balaban J connectivity index is 2.17. The molecule has 104 valence electrons. The van der Waals surface area contributed by atoms with Gasteiger partial charge in [-0.05, 0) is 30.3 Å². The summed E-state index contributed by atoms with van der Waals surface area (Å²) in [5.41, 5.74) is 4.11. The summed E-state index contributed by atoms with van der Waals surface area (Å²) in [6, 6.07) is 7.82. The minimum absolute atomic E-state index is 0.640. The first-order valence-corrected chi connectivity index (χ1v) is 7.28. The third kappa shape index (κ3) is 2.07. The van der Waals surface area contributed by atoms with E-state index in [1.807, 2.05) is 40.6 Å². The standard InChI is InChI=1S/C14H15ClN4S/c1-3-11-12-13(18(2)17-11)19(14(20)16-12)8-9-6-4-5-7-10(9)15/h4-7H,3,8H2,1-2H3,(H,16,20). The minimum atomic E-state index is 0.640. The Hall–Kier alpha value is -1.59. The molecule has 2 heterocycles. The predicted molar refractivity (Wildman–Crippen MR) is 83.8 cm³/mol. The van der Waals surface area contributed by atoms with E-state index >= 15 is 0 Å². The molecule has 0 spiro atoms. The van der Waals surface area contributed by atoms with Gasteiger partial charge in [0, 0.05) is 12.1 Å². The molecule has 6 heteroatoms. The second-order valence-corrected chi connectivity index (χ2v) is 5.52. The first kappa shape index (κ1) is 13.4. The van der Waals surface area contributed by atoms with E-state index in [1.165, 1.54) is 0 Å². The Kier molecular flexibility index (Phi) is 3.40. The van der Waals surface area contributed by atoms with E-state index in [0.717, 1.165) is 33.9 Å². The van der Waals surface area contributed by atoms with Gasteiger partial charge in [-0.15, -0.1) is 0 Å². The van der Waals surface area contributed by atoms with Crippen molar-refractivity contribution in [3.05, 3.63) is 45.3 Å². The van der Waals surface area contributed by atoms with Crippen LogP contribution in [0.25, 0.3) is 11.2 Å². The molecule has 0 unspecified atom stereocenters. The summed E-state index contributed by atoms with van der Waals surface area (Å²) in [6.45, 7) is 2.73. The summed E-state index contributed by atoms with van der Waals surface area (Å²) in [4.78, 5) is 3.26. The Morgan fingerprint density at radius 3 is 2.80 bits per heavy atom. The van der Waals surface area contributed by atoms with E-state index in [2.05, 4.69) is 17.0 Å². The van der Waals surface area contributed by atoms with Gasteiger partial charge in [-0.1, -0.05) is 36.7 Å². The van der Waals surface area contributed by atoms with Crippen LogP contribution >= 0.6 is 23.8 Å². The van der Waals surface area contributed by atoms with Crippen molar-refractivity contribution in [3.63, 3.8) is 0 Å². The van der Waals surface area contributed by atoms with Crippen LogP contribution in [-0.2, 0) is 20.0 Å². The van der Waals surface area contributed by atoms with E-state index in [9.17, 15) is 0 Å². The monoisotopic (exact) mass is 306 g/mol. The highest BCUT2D eigenvalue weighted by Crippen LogP contribution is 2.22. The summed E-state index contributed by atoms with van der Waals surface area (Å²) in [5, 5.41) is 5.27. The zero-order chi connectivity index (χ0) is 14.3. The molecule has 0 radical (unpaired) electrons. The van der Waals surface area contributed by atoms with E-state index < -0.39 is 0 Å². The zero-order valence-electron chi connectivity index (χ0n) is 11.4. The highest BCUT2D eigenvalue weighted by atomic mass is 35.5. The normalized spacial score (nSPS) is 11.3. The molecular weight excluding hydrogens is 292 g/mol. The second kappa shape index (κ2) is 5.07. The highest BCUT2D eigenvalue weighted by molar-refractivity contribution is 7.71. The molecule has 20 heavy (non-hydrogen) atoms. The summed E-state index contributed by atoms with van der Waals surface area (Å²) in [5.74, 6) is 0. The molecule has 1 N–H and O–H groups in total. The Morgan fingerprint density at radius 2 is 2.10 bits per heavy atom. The maximum absolute atomic E-state index is 6.24. The van der Waals surface area contributed by atoms with Gasteiger partial charge in [-0.3, -0.25) is 9.25 Å². The average molecular weight is 307 g/mol. The van der Waals surface area contributed by atoms with Crippen molar-refractivity contribution in [2.75, 3.05) is 0 Å². The number of aromatic nitrogens is 4. The number of fused-ring (bicyclic) bond motifs is 1. The van der Waals surface area contributed by atoms with Crippen LogP contribution in [0.2, 0.25) is 5.02 Å². The van der Waals surface area contributed by atoms with Crippen LogP contribution in [0.1, 0.15) is 18.2 Å². The van der Waals surface area contributed by atoms with Crippen LogP contribution in [0.4, 0.5) is 0 Å². The molecule has 4 nitrogen and oxygen atoms in total. The number of benzene rings is 1. The molecule has 2 aromatic heterocycles. The third-order valence-corrected chi connectivity index (χ3v) is 4.13. The minimum Gasteiger partial charge on any atom is -0.328 e. The number of aryl methyl sites for hydroxylation is 2. The number of aromatic amines is 1. The Labute approximate surface area is 127 Å². The molecule has 0 saturated carbocycles. The summed E-state index contributed by atoms with van der Waals surface area (Å²) < 4.78 is 4.61. The van der Waals surface area contributed by atoms with Gasteiger partial charge in [-0.2, -0.15) is 5.10 Å². The highest BCUT2D eigenvalue weighted by Gasteiger charge is 2.14. The molecule has 3 aromatic rings. The van der Waals surface area contributed by atoms with Gasteiger partial charge in [-0.25, -0.2) is 0 Å². The Morgan fingerprint density at radius 1 is 1.35 bits per heavy atom. The first-order chi connectivity index (χ1) is 9.61. The van der Waals surface area contributed by atoms with Crippen molar-refractivity contribution in [1.29, 1.82) is 0 Å². The molecule has 1 aromatic carbocycles. The maximum atomic E-state index is 6.24. The van der Waals surface area contributed by atoms with Gasteiger partial charge >= 0.3 is 0 Å². The number of hydrogen-bond donors (Lipinski definition) is 1. The zero-order valence-corrected chi connectivity index (χ0v) is 12.9. The molecule has 0 atom stereocenters. The van der Waals surface area contributed by atoms with Gasteiger partial charge in [0.05, 0.1) is 12.2 Å². The topological polar surface area (TPSA) is 38.5 Å². The fourth-order valence-electron chi connectivity index (χ4n) is 2.47. The largest absolute Gasteiger partial charge is 0.328 e. The fourth-order valence-corrected chi connectivity index (χ4v) is 2.92. The second-order valence-electron chi connectivity index (χ2n) is 4.73. The number of halogens is 1. The molecule has 3 rings (SSSR count). The van der Waals surface area contributed by atoms with Gasteiger partial charge in [0.15, 0.2) is 10.4 Å². The SMILES string of the molecule is CCc1nn(C)c2c1[nH]c(=S)n2Cc1ccccc1Cl. The molecular formula is C14H15ClN4S. The number of H-pyrrole nitrogens is 1. The smallest absolute Gasteiger partial charge is 0.179 e.